The van der Waals surface area contributed by atoms with E-state index in [1.54, 1.807) is 0 Å². The maximum atomic E-state index is 5.52. The average Bonchev–Trinajstić information content (AvgIpc) is 2.25. The quantitative estimate of drug-likeness (QED) is 0.293. The molecule has 0 saturated carbocycles. The first-order chi connectivity index (χ1) is 8.02. The molecule has 0 fully saturated rings. The van der Waals surface area contributed by atoms with Gasteiger partial charge in [0.25, 0.3) is 0 Å². The van der Waals surface area contributed by atoms with Crippen LogP contribution in [0.1, 0.15) is 58.3 Å². The Morgan fingerprint density at radius 1 is 0.941 bits per heavy atom. The van der Waals surface area contributed by atoms with Gasteiger partial charge in [-0.2, -0.15) is 0 Å². The third-order valence-electron chi connectivity index (χ3n) is 3.10. The molecule has 0 atom stereocenters. The summed E-state index contributed by atoms with van der Waals surface area (Å²) in [7, 11) is 1.83. The van der Waals surface area contributed by atoms with Crippen molar-refractivity contribution in [3.8, 4) is 0 Å². The van der Waals surface area contributed by atoms with E-state index in [4.69, 9.17) is 4.74 Å². The van der Waals surface area contributed by atoms with Crippen LogP contribution in [-0.2, 0) is 4.74 Å². The summed E-state index contributed by atoms with van der Waals surface area (Å²) >= 11 is -1.72. The van der Waals surface area contributed by atoms with E-state index in [2.05, 4.69) is 30.3 Å². The van der Waals surface area contributed by atoms with Crippen molar-refractivity contribution in [1.29, 1.82) is 0 Å². The van der Waals surface area contributed by atoms with E-state index in [1.807, 2.05) is 7.11 Å². The third kappa shape index (κ3) is 9.75. The second-order valence-electron chi connectivity index (χ2n) is 5.93. The molecule has 17 heavy (non-hydrogen) atoms. The van der Waals surface area contributed by atoms with E-state index in [9.17, 15) is 0 Å². The van der Waals surface area contributed by atoms with Crippen molar-refractivity contribution in [1.82, 2.24) is 0 Å². The van der Waals surface area contributed by atoms with Crippen LogP contribution in [-0.4, -0.2) is 20.4 Å². The van der Waals surface area contributed by atoms with Gasteiger partial charge in [-0.15, -0.1) is 0 Å². The molecule has 0 aliphatic rings. The number of rotatable bonds is 10. The average molecular weight is 301 g/mol. The van der Waals surface area contributed by atoms with Crippen molar-refractivity contribution in [2.75, 3.05) is 7.11 Å². The second-order valence-corrected chi connectivity index (χ2v) is 16.4. The van der Waals surface area contributed by atoms with Gasteiger partial charge in [0.15, 0.2) is 0 Å². The van der Waals surface area contributed by atoms with Gasteiger partial charge in [-0.3, -0.25) is 0 Å². The van der Waals surface area contributed by atoms with Gasteiger partial charge in [0.05, 0.1) is 0 Å². The zero-order valence-electron chi connectivity index (χ0n) is 12.6. The molecule has 0 aromatic carbocycles. The number of methoxy groups -OCH3 is 1. The molecular formula is C15H32GeO. The van der Waals surface area contributed by atoms with Gasteiger partial charge in [-0.05, 0) is 0 Å². The molecule has 102 valence electrons. The molecule has 0 heterocycles. The van der Waals surface area contributed by atoms with Crippen molar-refractivity contribution in [3.05, 3.63) is 10.7 Å². The number of allylic oxidation sites excluding steroid dienone is 1. The van der Waals surface area contributed by atoms with Crippen LogP contribution >= 0.6 is 0 Å². The topological polar surface area (TPSA) is 9.23 Å². The van der Waals surface area contributed by atoms with Gasteiger partial charge in [-0.1, -0.05) is 0 Å². The molecule has 0 saturated heterocycles. The van der Waals surface area contributed by atoms with Crippen molar-refractivity contribution in [3.63, 3.8) is 0 Å². The summed E-state index contributed by atoms with van der Waals surface area (Å²) in [6.07, 6.45) is 13.3. The van der Waals surface area contributed by atoms with E-state index >= 15 is 0 Å². The molecule has 0 aromatic heterocycles. The van der Waals surface area contributed by atoms with E-state index < -0.39 is 13.3 Å². The molecule has 0 rings (SSSR count). The summed E-state index contributed by atoms with van der Waals surface area (Å²) < 4.78 is 6.83. The summed E-state index contributed by atoms with van der Waals surface area (Å²) in [5.74, 6) is 7.17. The minimum atomic E-state index is -1.72. The van der Waals surface area contributed by atoms with Crippen LogP contribution in [0, 0.1) is 0 Å². The normalized spacial score (nSPS) is 12.9. The summed E-state index contributed by atoms with van der Waals surface area (Å²) in [5.41, 5.74) is 0. The van der Waals surface area contributed by atoms with Crippen LogP contribution in [0.4, 0.5) is 0 Å². The molecule has 0 spiro atoms. The first kappa shape index (κ1) is 17.1. The third-order valence-corrected chi connectivity index (χ3v) is 7.05. The van der Waals surface area contributed by atoms with Crippen molar-refractivity contribution < 1.29 is 4.74 Å². The standard InChI is InChI=1S/C15H32GeO/c1-6-7-8-9-10-11-12-13-14-15(17-5)16(2,3)4/h14H,6-13H2,1-5H3/b15-14-. The van der Waals surface area contributed by atoms with Gasteiger partial charge in [0, 0.05) is 0 Å². The van der Waals surface area contributed by atoms with Gasteiger partial charge >= 0.3 is 111 Å². The number of hydrogen-bond donors (Lipinski definition) is 0. The number of hydrogen-bond acceptors (Lipinski definition) is 1. The van der Waals surface area contributed by atoms with E-state index in [0.717, 1.165) is 0 Å². The number of ether oxygens (including phenoxy) is 1. The van der Waals surface area contributed by atoms with Crippen molar-refractivity contribution in [2.24, 2.45) is 0 Å². The molecule has 0 N–H and O–H groups in total. The van der Waals surface area contributed by atoms with Crippen LogP contribution < -0.4 is 0 Å². The van der Waals surface area contributed by atoms with Crippen molar-refractivity contribution in [2.45, 2.75) is 75.6 Å². The summed E-state index contributed by atoms with van der Waals surface area (Å²) in [6.45, 7) is 2.27. The zero-order valence-corrected chi connectivity index (χ0v) is 14.7. The summed E-state index contributed by atoms with van der Waals surface area (Å²) in [4.78, 5) is 0. The van der Waals surface area contributed by atoms with Gasteiger partial charge in [0.1, 0.15) is 0 Å². The molecule has 2 heteroatoms. The Bertz CT molecular complexity index is 203. The molecule has 0 amide bonds. The van der Waals surface area contributed by atoms with Crippen LogP contribution in [0.5, 0.6) is 0 Å². The van der Waals surface area contributed by atoms with Gasteiger partial charge in [0.2, 0.25) is 0 Å². The molecular weight excluding hydrogens is 269 g/mol. The van der Waals surface area contributed by atoms with Crippen LogP contribution in [0.25, 0.3) is 0 Å². The van der Waals surface area contributed by atoms with E-state index in [1.165, 1.54) is 56.0 Å². The first-order valence-corrected chi connectivity index (χ1v) is 14.6. The van der Waals surface area contributed by atoms with Crippen LogP contribution in [0.2, 0.25) is 17.3 Å². The maximum absolute atomic E-state index is 5.52. The molecule has 0 radical (unpaired) electrons. The molecule has 0 aromatic rings. The predicted octanol–water partition coefficient (Wildman–Crippen LogP) is 5.53. The Kier molecular flexibility index (Phi) is 10.1. The Hall–Kier alpha value is 0.0829. The Morgan fingerprint density at radius 2 is 1.47 bits per heavy atom. The van der Waals surface area contributed by atoms with E-state index in [0.29, 0.717) is 0 Å². The fourth-order valence-corrected chi connectivity index (χ4v) is 4.90. The zero-order chi connectivity index (χ0) is 13.1. The van der Waals surface area contributed by atoms with Gasteiger partial charge < -0.3 is 0 Å². The fourth-order valence-electron chi connectivity index (χ4n) is 2.03. The molecule has 0 aliphatic heterocycles. The molecule has 0 unspecified atom stereocenters. The predicted molar refractivity (Wildman–Crippen MR) is 81.0 cm³/mol. The second kappa shape index (κ2) is 10.0. The van der Waals surface area contributed by atoms with Crippen LogP contribution in [0.15, 0.2) is 10.7 Å². The fraction of sp³-hybridized carbons (Fsp3) is 0.867. The molecule has 0 aliphatic carbocycles. The molecule has 0 bridgehead atoms. The first-order valence-electron chi connectivity index (χ1n) is 7.27. The summed E-state index contributed by atoms with van der Waals surface area (Å²) in [6, 6.07) is 0. The number of unbranched alkanes of at least 4 members (excludes halogenated alkanes) is 7. The van der Waals surface area contributed by atoms with Crippen LogP contribution in [0.3, 0.4) is 0 Å². The Labute approximate surface area is 111 Å². The minimum absolute atomic E-state index is 1.21. The van der Waals surface area contributed by atoms with Gasteiger partial charge in [-0.25, -0.2) is 0 Å². The SMILES string of the molecule is CCCCCCCCC/C=[C](\OC)[Ge]([CH3])([CH3])[CH3]. The summed E-state index contributed by atoms with van der Waals surface area (Å²) in [5, 5.41) is 0. The monoisotopic (exact) mass is 302 g/mol. The Balaban J connectivity index is 3.58. The van der Waals surface area contributed by atoms with Crippen molar-refractivity contribution >= 4 is 13.3 Å². The molecule has 1 nitrogen and oxygen atoms in total. The van der Waals surface area contributed by atoms with E-state index in [-0.39, 0.29) is 0 Å². The Morgan fingerprint density at radius 3 is 1.94 bits per heavy atom.